The first-order chi connectivity index (χ1) is 19.9. The van der Waals surface area contributed by atoms with Crippen molar-refractivity contribution in [3.05, 3.63) is 112 Å². The van der Waals surface area contributed by atoms with E-state index in [4.69, 9.17) is 32.7 Å². The van der Waals surface area contributed by atoms with Crippen LogP contribution in [0.1, 0.15) is 34.3 Å². The van der Waals surface area contributed by atoms with Crippen molar-refractivity contribution in [1.82, 2.24) is 15.3 Å². The first kappa shape index (κ1) is 28.7. The Morgan fingerprint density at radius 3 is 2.37 bits per heavy atom. The summed E-state index contributed by atoms with van der Waals surface area (Å²) in [6.45, 7) is 4.35. The molecule has 0 radical (unpaired) electrons. The SMILES string of the molecule is Cc1ccc(C(=O)NCC2(Oc3ccncc3)CCN(c3ccncc3)CC2)cc1OCCc1ccc(Cl)cc1Cl. The Morgan fingerprint density at radius 2 is 1.66 bits per heavy atom. The van der Waals surface area contributed by atoms with Crippen LogP contribution in [0, 0.1) is 6.92 Å². The van der Waals surface area contributed by atoms with E-state index in [9.17, 15) is 4.79 Å². The van der Waals surface area contributed by atoms with E-state index in [1.807, 2.05) is 55.5 Å². The summed E-state index contributed by atoms with van der Waals surface area (Å²) in [6.07, 6.45) is 9.14. The number of carbonyl (C=O) groups excluding carboxylic acids is 1. The van der Waals surface area contributed by atoms with E-state index in [0.717, 1.165) is 48.5 Å². The van der Waals surface area contributed by atoms with Crippen LogP contribution in [-0.2, 0) is 6.42 Å². The van der Waals surface area contributed by atoms with Gasteiger partial charge in [0.2, 0.25) is 0 Å². The zero-order chi connectivity index (χ0) is 28.7. The van der Waals surface area contributed by atoms with E-state index in [1.54, 1.807) is 36.9 Å². The third-order valence-electron chi connectivity index (χ3n) is 7.35. The number of nitrogens with one attached hydrogen (secondary N) is 1. The normalized spacial score (nSPS) is 14.4. The maximum absolute atomic E-state index is 13.3. The number of pyridine rings is 2. The highest BCUT2D eigenvalue weighted by Crippen LogP contribution is 2.31. The number of hydrogen-bond acceptors (Lipinski definition) is 6. The molecule has 0 aliphatic carbocycles. The summed E-state index contributed by atoms with van der Waals surface area (Å²) in [5.41, 5.74) is 3.01. The maximum atomic E-state index is 13.3. The first-order valence-corrected chi connectivity index (χ1v) is 14.4. The fourth-order valence-corrected chi connectivity index (χ4v) is 5.44. The van der Waals surface area contributed by atoms with Crippen molar-refractivity contribution < 1.29 is 14.3 Å². The number of benzene rings is 2. The highest BCUT2D eigenvalue weighted by Gasteiger charge is 2.37. The molecule has 9 heteroatoms. The largest absolute Gasteiger partial charge is 0.493 e. The van der Waals surface area contributed by atoms with E-state index in [2.05, 4.69) is 20.2 Å². The third-order valence-corrected chi connectivity index (χ3v) is 7.94. The number of halogens is 2. The molecule has 1 N–H and O–H groups in total. The average Bonchev–Trinajstić information content (AvgIpc) is 2.99. The molecule has 212 valence electrons. The smallest absolute Gasteiger partial charge is 0.251 e. The van der Waals surface area contributed by atoms with E-state index >= 15 is 0 Å². The van der Waals surface area contributed by atoms with Gasteiger partial charge >= 0.3 is 0 Å². The minimum atomic E-state index is -0.553. The molecule has 1 aliphatic heterocycles. The van der Waals surface area contributed by atoms with Crippen LogP contribution in [0.4, 0.5) is 5.69 Å². The summed E-state index contributed by atoms with van der Waals surface area (Å²) in [7, 11) is 0. The van der Waals surface area contributed by atoms with Crippen LogP contribution in [-0.4, -0.2) is 47.7 Å². The molecule has 5 rings (SSSR count). The molecule has 1 amide bonds. The van der Waals surface area contributed by atoms with Gasteiger partial charge in [-0.1, -0.05) is 35.3 Å². The van der Waals surface area contributed by atoms with Gasteiger partial charge in [0.1, 0.15) is 17.1 Å². The van der Waals surface area contributed by atoms with Gasteiger partial charge in [-0.05, 0) is 66.6 Å². The fourth-order valence-electron chi connectivity index (χ4n) is 4.93. The lowest BCUT2D eigenvalue weighted by molar-refractivity contribution is 0.0408. The summed E-state index contributed by atoms with van der Waals surface area (Å²) in [4.78, 5) is 23.9. The van der Waals surface area contributed by atoms with Gasteiger partial charge in [-0.2, -0.15) is 0 Å². The number of amides is 1. The second kappa shape index (κ2) is 13.2. The van der Waals surface area contributed by atoms with Gasteiger partial charge in [0, 0.05) is 78.4 Å². The molecular formula is C32H32Cl2N4O3. The van der Waals surface area contributed by atoms with Crippen LogP contribution in [0.5, 0.6) is 11.5 Å². The fraction of sp³-hybridized carbons (Fsp3) is 0.281. The molecule has 0 spiro atoms. The molecule has 1 fully saturated rings. The second-order valence-corrected chi connectivity index (χ2v) is 11.0. The molecule has 2 aromatic carbocycles. The van der Waals surface area contributed by atoms with Crippen LogP contribution >= 0.6 is 23.2 Å². The van der Waals surface area contributed by atoms with E-state index < -0.39 is 5.60 Å². The molecule has 1 saturated heterocycles. The van der Waals surface area contributed by atoms with E-state index in [1.165, 1.54) is 0 Å². The third kappa shape index (κ3) is 7.48. The predicted octanol–water partition coefficient (Wildman–Crippen LogP) is 6.56. The molecule has 7 nitrogen and oxygen atoms in total. The molecule has 0 bridgehead atoms. The number of rotatable bonds is 10. The van der Waals surface area contributed by atoms with Crippen molar-refractivity contribution in [2.24, 2.45) is 0 Å². The van der Waals surface area contributed by atoms with Gasteiger partial charge < -0.3 is 19.7 Å². The number of aryl methyl sites for hydroxylation is 1. The Morgan fingerprint density at radius 1 is 0.951 bits per heavy atom. The zero-order valence-corrected chi connectivity index (χ0v) is 24.4. The Balaban J connectivity index is 1.23. The van der Waals surface area contributed by atoms with Gasteiger partial charge in [-0.3, -0.25) is 14.8 Å². The molecule has 3 heterocycles. The summed E-state index contributed by atoms with van der Waals surface area (Å²) in [6, 6.07) is 18.7. The Hall–Kier alpha value is -3.81. The van der Waals surface area contributed by atoms with Gasteiger partial charge in [0.15, 0.2) is 0 Å². The number of piperidine rings is 1. The topological polar surface area (TPSA) is 76.6 Å². The molecule has 2 aromatic heterocycles. The predicted molar refractivity (Wildman–Crippen MR) is 162 cm³/mol. The minimum Gasteiger partial charge on any atom is -0.493 e. The molecule has 1 aliphatic rings. The van der Waals surface area contributed by atoms with Gasteiger partial charge in [-0.25, -0.2) is 0 Å². The molecular weight excluding hydrogens is 559 g/mol. The van der Waals surface area contributed by atoms with Crippen LogP contribution in [0.2, 0.25) is 10.0 Å². The van der Waals surface area contributed by atoms with E-state index in [-0.39, 0.29) is 5.91 Å². The molecule has 0 saturated carbocycles. The molecule has 4 aromatic rings. The Labute approximate surface area is 250 Å². The average molecular weight is 592 g/mol. The summed E-state index contributed by atoms with van der Waals surface area (Å²) < 4.78 is 12.6. The monoisotopic (exact) mass is 590 g/mol. The van der Waals surface area contributed by atoms with Crippen molar-refractivity contribution in [3.8, 4) is 11.5 Å². The maximum Gasteiger partial charge on any atom is 0.251 e. The number of ether oxygens (including phenoxy) is 2. The van der Waals surface area contributed by atoms with Crippen molar-refractivity contribution >= 4 is 34.8 Å². The van der Waals surface area contributed by atoms with Gasteiger partial charge in [-0.15, -0.1) is 0 Å². The van der Waals surface area contributed by atoms with E-state index in [0.29, 0.717) is 40.9 Å². The van der Waals surface area contributed by atoms with Crippen LogP contribution in [0.15, 0.2) is 85.5 Å². The lowest BCUT2D eigenvalue weighted by atomic mass is 9.90. The lowest BCUT2D eigenvalue weighted by Crippen LogP contribution is -2.54. The second-order valence-electron chi connectivity index (χ2n) is 10.2. The summed E-state index contributed by atoms with van der Waals surface area (Å²) in [5.74, 6) is 1.22. The number of carbonyl (C=O) groups is 1. The standard InChI is InChI=1S/C32H32Cl2N4O3/c1-23-2-3-25(20-30(23)40-19-10-24-4-5-26(33)21-29(24)34)31(39)37-22-32(41-28-8-15-36-16-9-28)11-17-38(18-12-32)27-6-13-35-14-7-27/h2-9,13-16,20-21H,10-12,17-19,22H2,1H3,(H,37,39). The summed E-state index contributed by atoms with van der Waals surface area (Å²) in [5, 5.41) is 4.34. The van der Waals surface area contributed by atoms with Crippen molar-refractivity contribution in [1.29, 1.82) is 0 Å². The van der Waals surface area contributed by atoms with Crippen LogP contribution in [0.25, 0.3) is 0 Å². The zero-order valence-electron chi connectivity index (χ0n) is 22.9. The molecule has 0 atom stereocenters. The van der Waals surface area contributed by atoms with Gasteiger partial charge in [0.25, 0.3) is 5.91 Å². The highest BCUT2D eigenvalue weighted by atomic mass is 35.5. The van der Waals surface area contributed by atoms with Crippen LogP contribution < -0.4 is 19.7 Å². The number of aromatic nitrogens is 2. The number of anilines is 1. The van der Waals surface area contributed by atoms with Crippen LogP contribution in [0.3, 0.4) is 0 Å². The lowest BCUT2D eigenvalue weighted by Gasteiger charge is -2.42. The van der Waals surface area contributed by atoms with Crippen molar-refractivity contribution in [3.63, 3.8) is 0 Å². The minimum absolute atomic E-state index is 0.176. The number of hydrogen-bond donors (Lipinski definition) is 1. The quantitative estimate of drug-likeness (QED) is 0.225. The van der Waals surface area contributed by atoms with Gasteiger partial charge in [0.05, 0.1) is 13.2 Å². The Bertz CT molecular complexity index is 1460. The molecule has 0 unspecified atom stereocenters. The van der Waals surface area contributed by atoms with Crippen molar-refractivity contribution in [2.75, 3.05) is 31.1 Å². The van der Waals surface area contributed by atoms with Crippen molar-refractivity contribution in [2.45, 2.75) is 31.8 Å². The summed E-state index contributed by atoms with van der Waals surface area (Å²) >= 11 is 12.3. The number of nitrogens with zero attached hydrogens (tertiary/aromatic N) is 3. The Kier molecular flexibility index (Phi) is 9.27. The highest BCUT2D eigenvalue weighted by molar-refractivity contribution is 6.35. The first-order valence-electron chi connectivity index (χ1n) is 13.6. The molecule has 41 heavy (non-hydrogen) atoms.